The van der Waals surface area contributed by atoms with E-state index in [1.165, 1.54) is 21.3 Å². The summed E-state index contributed by atoms with van der Waals surface area (Å²) in [4.78, 5) is 10.6. The summed E-state index contributed by atoms with van der Waals surface area (Å²) in [7, 11) is 4.56. The zero-order valence-corrected chi connectivity index (χ0v) is 11.3. The van der Waals surface area contributed by atoms with Gasteiger partial charge in [-0.15, -0.1) is 0 Å². The van der Waals surface area contributed by atoms with Gasteiger partial charge in [0.25, 0.3) is 0 Å². The second-order valence-electron chi connectivity index (χ2n) is 3.56. The van der Waals surface area contributed by atoms with Crippen molar-refractivity contribution in [1.29, 1.82) is 0 Å². The highest BCUT2D eigenvalue weighted by molar-refractivity contribution is 6.02. The first-order valence-corrected chi connectivity index (χ1v) is 5.44. The monoisotopic (exact) mass is 267 g/mol. The van der Waals surface area contributed by atoms with E-state index in [1.54, 1.807) is 19.1 Å². The summed E-state index contributed by atoms with van der Waals surface area (Å²) in [5.74, 6) is 1.46. The van der Waals surface area contributed by atoms with E-state index in [9.17, 15) is 4.79 Å². The summed E-state index contributed by atoms with van der Waals surface area (Å²) in [6.07, 6.45) is 0. The molecule has 0 saturated heterocycles. The van der Waals surface area contributed by atoms with Crippen LogP contribution in [0.15, 0.2) is 17.2 Å². The lowest BCUT2D eigenvalue weighted by molar-refractivity contribution is 0.249. The fraction of sp³-hybridized carbons (Fsp3) is 0.333. The first kappa shape index (κ1) is 14.6. The van der Waals surface area contributed by atoms with Crippen molar-refractivity contribution in [2.45, 2.75) is 6.92 Å². The van der Waals surface area contributed by atoms with Crippen LogP contribution in [0, 0.1) is 0 Å². The van der Waals surface area contributed by atoms with Gasteiger partial charge in [-0.1, -0.05) is 0 Å². The van der Waals surface area contributed by atoms with Gasteiger partial charge in [0.15, 0.2) is 11.5 Å². The molecule has 2 amide bonds. The lowest BCUT2D eigenvalue weighted by Gasteiger charge is -2.15. The molecule has 19 heavy (non-hydrogen) atoms. The molecule has 0 saturated carbocycles. The number of hydrogen-bond acceptors (Lipinski definition) is 5. The van der Waals surface area contributed by atoms with Crippen LogP contribution in [0.25, 0.3) is 0 Å². The molecule has 3 N–H and O–H groups in total. The molecule has 0 spiro atoms. The third-order valence-electron chi connectivity index (χ3n) is 2.43. The van der Waals surface area contributed by atoms with E-state index in [2.05, 4.69) is 10.5 Å². The molecule has 0 aromatic heterocycles. The second-order valence-corrected chi connectivity index (χ2v) is 3.56. The van der Waals surface area contributed by atoms with Crippen molar-refractivity contribution in [2.75, 3.05) is 21.3 Å². The fourth-order valence-corrected chi connectivity index (χ4v) is 1.59. The SMILES string of the molecule is COc1ccc(/C(C)=N/NC(N)=O)c(OC)c1OC. The molecule has 0 heterocycles. The summed E-state index contributed by atoms with van der Waals surface area (Å²) in [5.41, 5.74) is 8.30. The van der Waals surface area contributed by atoms with Crippen LogP contribution in [-0.4, -0.2) is 33.1 Å². The predicted molar refractivity (Wildman–Crippen MR) is 71.0 cm³/mol. The highest BCUT2D eigenvalue weighted by Crippen LogP contribution is 2.39. The van der Waals surface area contributed by atoms with Crippen LogP contribution in [0.1, 0.15) is 12.5 Å². The third-order valence-corrected chi connectivity index (χ3v) is 2.43. The molecule has 0 aliphatic rings. The number of rotatable bonds is 5. The van der Waals surface area contributed by atoms with Crippen molar-refractivity contribution in [3.8, 4) is 17.2 Å². The van der Waals surface area contributed by atoms with Crippen molar-refractivity contribution in [2.24, 2.45) is 10.8 Å². The minimum atomic E-state index is -0.737. The van der Waals surface area contributed by atoms with Gasteiger partial charge in [-0.3, -0.25) is 0 Å². The van der Waals surface area contributed by atoms with Crippen LogP contribution < -0.4 is 25.4 Å². The highest BCUT2D eigenvalue weighted by Gasteiger charge is 2.17. The van der Waals surface area contributed by atoms with E-state index < -0.39 is 6.03 Å². The number of carbonyl (C=O) groups is 1. The molecule has 0 aliphatic carbocycles. The molecular weight excluding hydrogens is 250 g/mol. The maximum absolute atomic E-state index is 10.6. The minimum Gasteiger partial charge on any atom is -0.493 e. The maximum atomic E-state index is 10.6. The van der Waals surface area contributed by atoms with Crippen LogP contribution in [0.2, 0.25) is 0 Å². The molecule has 1 aromatic rings. The van der Waals surface area contributed by atoms with Gasteiger partial charge >= 0.3 is 6.03 Å². The quantitative estimate of drug-likeness (QED) is 0.617. The number of carbonyl (C=O) groups excluding carboxylic acids is 1. The van der Waals surface area contributed by atoms with Gasteiger partial charge in [-0.2, -0.15) is 5.10 Å². The Bertz CT molecular complexity index is 500. The van der Waals surface area contributed by atoms with Gasteiger partial charge < -0.3 is 19.9 Å². The number of primary amides is 1. The van der Waals surface area contributed by atoms with Gasteiger partial charge in [0.2, 0.25) is 5.75 Å². The first-order chi connectivity index (χ1) is 9.04. The molecule has 0 atom stereocenters. The lowest BCUT2D eigenvalue weighted by Crippen LogP contribution is -2.25. The molecule has 0 unspecified atom stereocenters. The Morgan fingerprint density at radius 3 is 2.26 bits per heavy atom. The number of hydrazone groups is 1. The Kier molecular flexibility index (Phi) is 4.99. The minimum absolute atomic E-state index is 0.455. The van der Waals surface area contributed by atoms with Crippen LogP contribution in [-0.2, 0) is 0 Å². The van der Waals surface area contributed by atoms with Crippen molar-refractivity contribution < 1.29 is 19.0 Å². The summed E-state index contributed by atoms with van der Waals surface area (Å²) in [6.45, 7) is 1.71. The topological polar surface area (TPSA) is 95.2 Å². The summed E-state index contributed by atoms with van der Waals surface area (Å²) in [6, 6.07) is 2.74. The average molecular weight is 267 g/mol. The Morgan fingerprint density at radius 1 is 1.16 bits per heavy atom. The highest BCUT2D eigenvalue weighted by atomic mass is 16.5. The number of hydrogen-bond donors (Lipinski definition) is 2. The molecule has 7 nitrogen and oxygen atoms in total. The third kappa shape index (κ3) is 3.27. The first-order valence-electron chi connectivity index (χ1n) is 5.44. The van der Waals surface area contributed by atoms with Gasteiger partial charge in [-0.25, -0.2) is 10.2 Å². The molecule has 0 aliphatic heterocycles. The van der Waals surface area contributed by atoms with E-state index in [1.807, 2.05) is 0 Å². The number of nitrogens with one attached hydrogen (secondary N) is 1. The molecule has 0 radical (unpaired) electrons. The van der Waals surface area contributed by atoms with E-state index >= 15 is 0 Å². The number of ether oxygens (including phenoxy) is 3. The normalized spacial score (nSPS) is 10.8. The second kappa shape index (κ2) is 6.48. The number of methoxy groups -OCH3 is 3. The maximum Gasteiger partial charge on any atom is 0.332 e. The summed E-state index contributed by atoms with van der Waals surface area (Å²) in [5, 5.41) is 3.85. The van der Waals surface area contributed by atoms with Crippen molar-refractivity contribution >= 4 is 11.7 Å². The number of nitrogens with zero attached hydrogens (tertiary/aromatic N) is 1. The summed E-state index contributed by atoms with van der Waals surface area (Å²) < 4.78 is 15.7. The van der Waals surface area contributed by atoms with E-state index in [4.69, 9.17) is 19.9 Å². The Hall–Kier alpha value is -2.44. The lowest BCUT2D eigenvalue weighted by atomic mass is 10.1. The van der Waals surface area contributed by atoms with Gasteiger partial charge in [-0.05, 0) is 19.1 Å². The smallest absolute Gasteiger partial charge is 0.332 e. The van der Waals surface area contributed by atoms with Gasteiger partial charge in [0, 0.05) is 5.56 Å². The van der Waals surface area contributed by atoms with Crippen LogP contribution in [0.5, 0.6) is 17.2 Å². The van der Waals surface area contributed by atoms with Crippen LogP contribution in [0.4, 0.5) is 4.79 Å². The predicted octanol–water partition coefficient (Wildman–Crippen LogP) is 1.10. The Morgan fingerprint density at radius 2 is 1.79 bits per heavy atom. The van der Waals surface area contributed by atoms with Gasteiger partial charge in [0.05, 0.1) is 27.0 Å². The number of nitrogens with two attached hydrogens (primary N) is 1. The van der Waals surface area contributed by atoms with Crippen molar-refractivity contribution in [3.63, 3.8) is 0 Å². The average Bonchev–Trinajstić information content (AvgIpc) is 2.42. The largest absolute Gasteiger partial charge is 0.493 e. The zero-order valence-electron chi connectivity index (χ0n) is 11.3. The standard InChI is InChI=1S/C12H17N3O4/c1-7(14-15-12(13)16)8-5-6-9(17-2)11(19-4)10(8)18-3/h5-6H,1-4H3,(H3,13,15,16)/b14-7+. The Balaban J connectivity index is 3.28. The molecule has 1 aromatic carbocycles. The number of urea groups is 1. The molecule has 0 bridgehead atoms. The van der Waals surface area contributed by atoms with Crippen molar-refractivity contribution in [3.05, 3.63) is 17.7 Å². The van der Waals surface area contributed by atoms with E-state index in [-0.39, 0.29) is 0 Å². The fourth-order valence-electron chi connectivity index (χ4n) is 1.59. The Labute approximate surface area is 111 Å². The van der Waals surface area contributed by atoms with Gasteiger partial charge in [0.1, 0.15) is 0 Å². The molecule has 1 rings (SSSR count). The molecule has 104 valence electrons. The van der Waals surface area contributed by atoms with Crippen molar-refractivity contribution in [1.82, 2.24) is 5.43 Å². The number of benzene rings is 1. The van der Waals surface area contributed by atoms with Crippen LogP contribution in [0.3, 0.4) is 0 Å². The van der Waals surface area contributed by atoms with E-state index in [0.29, 0.717) is 28.5 Å². The molecular formula is C12H17N3O4. The molecule has 7 heteroatoms. The molecule has 0 fully saturated rings. The zero-order chi connectivity index (χ0) is 14.4. The van der Waals surface area contributed by atoms with Crippen LogP contribution >= 0.6 is 0 Å². The van der Waals surface area contributed by atoms with E-state index in [0.717, 1.165) is 0 Å². The summed E-state index contributed by atoms with van der Waals surface area (Å²) >= 11 is 0. The number of amides is 2.